The number of nitrogens with zero attached hydrogens (tertiary/aromatic N) is 2. The van der Waals surface area contributed by atoms with Crippen LogP contribution in [0.25, 0.3) is 103 Å². The quantitative estimate of drug-likeness (QED) is 0.154. The molecule has 0 atom stereocenters. The second-order valence-electron chi connectivity index (χ2n) is 26.5. The number of furan rings is 2. The van der Waals surface area contributed by atoms with Crippen molar-refractivity contribution in [2.24, 2.45) is 0 Å². The Kier molecular flexibility index (Phi) is 8.10. The van der Waals surface area contributed by atoms with Crippen LogP contribution in [0, 0.1) is 0 Å². The summed E-state index contributed by atoms with van der Waals surface area (Å²) in [5.41, 5.74) is 22.5. The molecule has 6 heteroatoms. The van der Waals surface area contributed by atoms with Gasteiger partial charge in [0.2, 0.25) is 0 Å². The van der Waals surface area contributed by atoms with Crippen molar-refractivity contribution >= 4 is 126 Å². The Labute approximate surface area is 437 Å². The first-order valence-electron chi connectivity index (χ1n) is 27.2. The van der Waals surface area contributed by atoms with Crippen LogP contribution in [0.15, 0.2) is 130 Å². The molecule has 0 fully saturated rings. The molecule has 0 unspecified atom stereocenters. The smallest absolute Gasteiger partial charge is 0.333 e. The average molecular weight is 981 g/mol. The first-order chi connectivity index (χ1) is 35.3. The number of anilines is 2. The van der Waals surface area contributed by atoms with Crippen molar-refractivity contribution < 1.29 is 8.83 Å². The van der Waals surface area contributed by atoms with Gasteiger partial charge < -0.3 is 18.2 Å². The SMILES string of the molecule is CC(C)(C)c1ccc(N2B3c4cc5oc6ccccc6c5cc4-n4c5cc6c(cc5c5c7sc8ccccc8c7c(c3c54)-c3cc4oc5cc7c(cc5c4cc32)C(C)(C)CCC7(C)C)C(C)(C)CCC6(C)C)cc1. The molecule has 0 bridgehead atoms. The molecule has 4 aromatic heterocycles. The summed E-state index contributed by atoms with van der Waals surface area (Å²) in [6.45, 7) is 26.4. The maximum absolute atomic E-state index is 7.23. The molecule has 0 saturated heterocycles. The van der Waals surface area contributed by atoms with Gasteiger partial charge >= 0.3 is 6.85 Å². The van der Waals surface area contributed by atoms with E-state index in [9.17, 15) is 0 Å². The topological polar surface area (TPSA) is 34.5 Å². The Morgan fingerprint density at radius 3 is 1.77 bits per heavy atom. The van der Waals surface area contributed by atoms with Gasteiger partial charge in [-0.15, -0.1) is 11.3 Å². The van der Waals surface area contributed by atoms with Crippen molar-refractivity contribution in [3.8, 4) is 16.8 Å². The summed E-state index contributed by atoms with van der Waals surface area (Å²) >= 11 is 1.97. The second kappa shape index (κ2) is 13.7. The molecule has 2 aliphatic carbocycles. The molecule has 8 aromatic carbocycles. The molecule has 0 radical (unpaired) electrons. The molecule has 0 amide bonds. The summed E-state index contributed by atoms with van der Waals surface area (Å²) in [5.74, 6) is 0. The van der Waals surface area contributed by atoms with Crippen LogP contribution in [0.2, 0.25) is 0 Å². The summed E-state index contributed by atoms with van der Waals surface area (Å²) in [4.78, 5) is 2.71. The van der Waals surface area contributed by atoms with Crippen molar-refractivity contribution in [3.05, 3.63) is 149 Å². The van der Waals surface area contributed by atoms with Crippen molar-refractivity contribution in [3.63, 3.8) is 0 Å². The van der Waals surface area contributed by atoms with E-state index in [-0.39, 0.29) is 33.9 Å². The van der Waals surface area contributed by atoms with Gasteiger partial charge in [0, 0.05) is 75.1 Å². The molecule has 16 rings (SSSR count). The van der Waals surface area contributed by atoms with Gasteiger partial charge in [0.15, 0.2) is 0 Å². The monoisotopic (exact) mass is 980 g/mol. The average Bonchev–Trinajstić information content (AvgIpc) is 4.23. The lowest BCUT2D eigenvalue weighted by Crippen LogP contribution is -2.60. The van der Waals surface area contributed by atoms with Gasteiger partial charge in [-0.2, -0.15) is 0 Å². The van der Waals surface area contributed by atoms with Crippen LogP contribution in [-0.4, -0.2) is 11.4 Å². The minimum Gasteiger partial charge on any atom is -0.456 e. The summed E-state index contributed by atoms with van der Waals surface area (Å²) in [5, 5.41) is 10.1. The standard InChI is InChI=1S/C68H61BN2O2S/c1-64(2,3)36-20-22-37(23-21-36)71-51-30-42-40-28-45-48(68(10,11)27-25-65(45,4)5)34-55(40)73-54(42)32-44(51)58-59-39-17-13-15-19-57(39)74-63(59)60-43-29-46-47(67(8,9)26-24-66(46,6)7)33-50(43)70-52-31-41-38-16-12-14-18-53(38)72-56(41)35-49(52)69(71)61(58)62(60)70/h12-23,28-35H,24-27H2,1-11H3. The predicted molar refractivity (Wildman–Crippen MR) is 317 cm³/mol. The van der Waals surface area contributed by atoms with E-state index < -0.39 is 0 Å². The number of para-hydroxylation sites is 1. The number of thiophene rings is 1. The Morgan fingerprint density at radius 1 is 0.514 bits per heavy atom. The zero-order valence-corrected chi connectivity index (χ0v) is 45.4. The Hall–Kier alpha value is -6.76. The Balaban J connectivity index is 1.13. The molecule has 0 saturated carbocycles. The summed E-state index contributed by atoms with van der Waals surface area (Å²) < 4.78 is 19.5. The fraction of sp³-hybridized carbons (Fsp3) is 0.294. The second-order valence-corrected chi connectivity index (χ2v) is 27.6. The van der Waals surface area contributed by atoms with E-state index in [1.165, 1.54) is 120 Å². The molecular weight excluding hydrogens is 920 g/mol. The van der Waals surface area contributed by atoms with Gasteiger partial charge in [0.25, 0.3) is 0 Å². The van der Waals surface area contributed by atoms with Gasteiger partial charge in [-0.1, -0.05) is 125 Å². The van der Waals surface area contributed by atoms with Crippen molar-refractivity contribution in [1.82, 2.24) is 4.57 Å². The summed E-state index contributed by atoms with van der Waals surface area (Å²) in [6.07, 6.45) is 4.63. The number of fused-ring (bicyclic) bond motifs is 21. The fourth-order valence-electron chi connectivity index (χ4n) is 14.8. The van der Waals surface area contributed by atoms with Gasteiger partial charge in [-0.25, -0.2) is 0 Å². The van der Waals surface area contributed by atoms with Crippen LogP contribution >= 0.6 is 11.3 Å². The molecule has 364 valence electrons. The zero-order chi connectivity index (χ0) is 50.5. The maximum Gasteiger partial charge on any atom is 0.333 e. The van der Waals surface area contributed by atoms with E-state index in [2.05, 4.69) is 207 Å². The van der Waals surface area contributed by atoms with E-state index in [1.807, 2.05) is 11.3 Å². The summed E-state index contributed by atoms with van der Waals surface area (Å²) in [6, 6.07) is 47.3. The zero-order valence-electron chi connectivity index (χ0n) is 44.6. The number of aromatic nitrogens is 1. The third-order valence-corrected chi connectivity index (χ3v) is 20.4. The molecule has 2 aliphatic heterocycles. The molecule has 6 heterocycles. The van der Waals surface area contributed by atoms with E-state index in [0.29, 0.717) is 0 Å². The first kappa shape index (κ1) is 43.6. The van der Waals surface area contributed by atoms with Gasteiger partial charge in [0.05, 0.1) is 11.0 Å². The first-order valence-corrected chi connectivity index (χ1v) is 28.0. The molecule has 4 nitrogen and oxygen atoms in total. The lowest BCUT2D eigenvalue weighted by Gasteiger charge is -2.42. The molecular formula is C68H61BN2O2S. The lowest BCUT2D eigenvalue weighted by atomic mass is 9.43. The number of hydrogen-bond acceptors (Lipinski definition) is 4. The van der Waals surface area contributed by atoms with Crippen LogP contribution in [0.5, 0.6) is 0 Å². The highest BCUT2D eigenvalue weighted by molar-refractivity contribution is 7.27. The molecule has 0 N–H and O–H groups in total. The fourth-order valence-corrected chi connectivity index (χ4v) is 16.1. The predicted octanol–water partition coefficient (Wildman–Crippen LogP) is 18.2. The molecule has 0 spiro atoms. The minimum absolute atomic E-state index is 0.000363. The molecule has 74 heavy (non-hydrogen) atoms. The van der Waals surface area contributed by atoms with Gasteiger partial charge in [0.1, 0.15) is 22.3 Å². The van der Waals surface area contributed by atoms with E-state index in [0.717, 1.165) is 58.8 Å². The third kappa shape index (κ3) is 5.50. The molecule has 4 aliphatic rings. The minimum atomic E-state index is -0.196. The van der Waals surface area contributed by atoms with Gasteiger partial charge in [-0.3, -0.25) is 0 Å². The lowest BCUT2D eigenvalue weighted by molar-refractivity contribution is 0.332. The van der Waals surface area contributed by atoms with Gasteiger partial charge in [-0.05, 0) is 170 Å². The third-order valence-electron chi connectivity index (χ3n) is 19.2. The van der Waals surface area contributed by atoms with E-state index >= 15 is 0 Å². The van der Waals surface area contributed by atoms with Crippen LogP contribution in [0.1, 0.15) is 130 Å². The summed E-state index contributed by atoms with van der Waals surface area (Å²) in [7, 11) is 0. The molecule has 12 aromatic rings. The maximum atomic E-state index is 7.23. The van der Waals surface area contributed by atoms with Crippen molar-refractivity contribution in [2.75, 3.05) is 4.81 Å². The highest BCUT2D eigenvalue weighted by Gasteiger charge is 2.48. The normalized spacial score (nSPS) is 18.1. The van der Waals surface area contributed by atoms with Crippen molar-refractivity contribution in [1.29, 1.82) is 0 Å². The van der Waals surface area contributed by atoms with Crippen LogP contribution < -0.4 is 15.7 Å². The number of rotatable bonds is 1. The highest BCUT2D eigenvalue weighted by atomic mass is 32.1. The Morgan fingerprint density at radius 2 is 1.07 bits per heavy atom. The van der Waals surface area contributed by atoms with Crippen LogP contribution in [0.4, 0.5) is 11.4 Å². The highest BCUT2D eigenvalue weighted by Crippen LogP contribution is 2.57. The van der Waals surface area contributed by atoms with E-state index in [4.69, 9.17) is 8.83 Å². The van der Waals surface area contributed by atoms with Crippen LogP contribution in [-0.2, 0) is 27.1 Å². The largest absolute Gasteiger partial charge is 0.456 e. The van der Waals surface area contributed by atoms with Crippen LogP contribution in [0.3, 0.4) is 0 Å². The Bertz CT molecular complexity index is 4540. The van der Waals surface area contributed by atoms with Crippen molar-refractivity contribution in [2.45, 2.75) is 129 Å². The van der Waals surface area contributed by atoms with E-state index in [1.54, 1.807) is 0 Å². The number of benzene rings is 8. The number of hydrogen-bond donors (Lipinski definition) is 0.